The summed E-state index contributed by atoms with van der Waals surface area (Å²) >= 11 is 0. The average molecular weight is 256 g/mol. The zero-order chi connectivity index (χ0) is 13.5. The number of hydrogen-bond donors (Lipinski definition) is 1. The normalized spacial score (nSPS) is 12.5. The number of nitrogens with zero attached hydrogens (tertiary/aromatic N) is 2. The Bertz CT molecular complexity index is 524. The van der Waals surface area contributed by atoms with Crippen LogP contribution in [0.15, 0.2) is 53.8 Å². The molecule has 2 rings (SSSR count). The Morgan fingerprint density at radius 2 is 2.11 bits per heavy atom. The fourth-order valence-corrected chi connectivity index (χ4v) is 1.64. The van der Waals surface area contributed by atoms with Crippen LogP contribution in [-0.4, -0.2) is 30.0 Å². The topological polar surface area (TPSA) is 54.7 Å². The molecule has 0 amide bonds. The molecule has 0 aliphatic carbocycles. The van der Waals surface area contributed by atoms with Crippen molar-refractivity contribution in [3.8, 4) is 5.75 Å². The van der Waals surface area contributed by atoms with Crippen LogP contribution in [0.4, 0.5) is 0 Å². The third kappa shape index (κ3) is 3.89. The Labute approximate surface area is 112 Å². The van der Waals surface area contributed by atoms with Crippen molar-refractivity contribution in [2.75, 3.05) is 13.7 Å². The smallest absolute Gasteiger partial charge is 0.118 e. The van der Waals surface area contributed by atoms with E-state index in [-0.39, 0.29) is 0 Å². The maximum Gasteiger partial charge on any atom is 0.118 e. The maximum atomic E-state index is 9.99. The van der Waals surface area contributed by atoms with Gasteiger partial charge in [-0.1, -0.05) is 18.2 Å². The van der Waals surface area contributed by atoms with Gasteiger partial charge in [0.1, 0.15) is 5.75 Å². The van der Waals surface area contributed by atoms with Gasteiger partial charge in [0.2, 0.25) is 0 Å². The Morgan fingerprint density at radius 1 is 1.32 bits per heavy atom. The molecule has 0 aliphatic heterocycles. The summed E-state index contributed by atoms with van der Waals surface area (Å²) in [7, 11) is 1.61. The van der Waals surface area contributed by atoms with Crippen molar-refractivity contribution in [1.82, 2.24) is 4.98 Å². The number of aliphatic hydroxyl groups excluding tert-OH is 1. The molecule has 1 aromatic carbocycles. The molecule has 0 bridgehead atoms. The van der Waals surface area contributed by atoms with Gasteiger partial charge in [-0.15, -0.1) is 0 Å². The predicted molar refractivity (Wildman–Crippen MR) is 74.7 cm³/mol. The van der Waals surface area contributed by atoms with Gasteiger partial charge in [-0.2, -0.15) is 0 Å². The van der Waals surface area contributed by atoms with E-state index in [0.29, 0.717) is 6.54 Å². The van der Waals surface area contributed by atoms with E-state index in [1.54, 1.807) is 25.7 Å². The van der Waals surface area contributed by atoms with Gasteiger partial charge >= 0.3 is 0 Å². The van der Waals surface area contributed by atoms with Crippen LogP contribution in [-0.2, 0) is 0 Å². The molecule has 4 heteroatoms. The lowest BCUT2D eigenvalue weighted by Gasteiger charge is -2.08. The lowest BCUT2D eigenvalue weighted by atomic mass is 10.1. The molecular weight excluding hydrogens is 240 g/mol. The van der Waals surface area contributed by atoms with Gasteiger partial charge in [0.15, 0.2) is 0 Å². The quantitative estimate of drug-likeness (QED) is 0.835. The van der Waals surface area contributed by atoms with Crippen molar-refractivity contribution in [3.63, 3.8) is 0 Å². The van der Waals surface area contributed by atoms with E-state index in [0.717, 1.165) is 16.9 Å². The standard InChI is InChI=1S/C15H16N2O2/c1-19-14-6-4-13(5-7-14)15(18)11-17-10-12-3-2-8-16-9-12/h2-10,15,18H,11H2,1H3/t15-/m0/s1. The van der Waals surface area contributed by atoms with Crippen LogP contribution in [0.1, 0.15) is 17.2 Å². The summed E-state index contributed by atoms with van der Waals surface area (Å²) in [5.41, 5.74) is 1.74. The molecular formula is C15H16N2O2. The van der Waals surface area contributed by atoms with Crippen molar-refractivity contribution in [3.05, 3.63) is 59.9 Å². The van der Waals surface area contributed by atoms with Crippen LogP contribution in [0.2, 0.25) is 0 Å². The van der Waals surface area contributed by atoms with Crippen molar-refractivity contribution >= 4 is 6.21 Å². The molecule has 0 aliphatic rings. The third-order valence-electron chi connectivity index (χ3n) is 2.70. The van der Waals surface area contributed by atoms with Crippen LogP contribution in [0.25, 0.3) is 0 Å². The minimum absolute atomic E-state index is 0.321. The monoisotopic (exact) mass is 256 g/mol. The Morgan fingerprint density at radius 3 is 2.74 bits per heavy atom. The molecule has 0 saturated heterocycles. The number of benzene rings is 1. The van der Waals surface area contributed by atoms with Gasteiger partial charge in [0.25, 0.3) is 0 Å². The number of aliphatic imine (C=N–C) groups is 1. The molecule has 0 fully saturated rings. The fourth-order valence-electron chi connectivity index (χ4n) is 1.64. The zero-order valence-corrected chi connectivity index (χ0v) is 10.7. The number of pyridine rings is 1. The molecule has 1 heterocycles. The van der Waals surface area contributed by atoms with Crippen LogP contribution >= 0.6 is 0 Å². The van der Waals surface area contributed by atoms with Crippen molar-refractivity contribution in [2.24, 2.45) is 4.99 Å². The number of ether oxygens (including phenoxy) is 1. The molecule has 2 aromatic rings. The molecule has 4 nitrogen and oxygen atoms in total. The van der Waals surface area contributed by atoms with Crippen molar-refractivity contribution in [1.29, 1.82) is 0 Å². The minimum atomic E-state index is -0.612. The number of rotatable bonds is 5. The van der Waals surface area contributed by atoms with Crippen LogP contribution in [0.3, 0.4) is 0 Å². The summed E-state index contributed by atoms with van der Waals surface area (Å²) in [4.78, 5) is 8.21. The largest absolute Gasteiger partial charge is 0.497 e. The molecule has 98 valence electrons. The lowest BCUT2D eigenvalue weighted by molar-refractivity contribution is 0.187. The van der Waals surface area contributed by atoms with Crippen LogP contribution in [0.5, 0.6) is 5.75 Å². The minimum Gasteiger partial charge on any atom is -0.497 e. The number of aliphatic hydroxyl groups is 1. The Kier molecular flexibility index (Phi) is 4.64. The van der Waals surface area contributed by atoms with E-state index in [4.69, 9.17) is 4.74 Å². The van der Waals surface area contributed by atoms with E-state index in [2.05, 4.69) is 9.98 Å². The first kappa shape index (κ1) is 13.2. The van der Waals surface area contributed by atoms with Gasteiger partial charge in [0.05, 0.1) is 19.8 Å². The molecule has 1 atom stereocenters. The van der Waals surface area contributed by atoms with Crippen molar-refractivity contribution < 1.29 is 9.84 Å². The van der Waals surface area contributed by atoms with E-state index >= 15 is 0 Å². The lowest BCUT2D eigenvalue weighted by Crippen LogP contribution is -2.01. The van der Waals surface area contributed by atoms with E-state index in [9.17, 15) is 5.11 Å². The van der Waals surface area contributed by atoms with Gasteiger partial charge < -0.3 is 9.84 Å². The first-order chi connectivity index (χ1) is 9.29. The second-order valence-electron chi connectivity index (χ2n) is 4.07. The fraction of sp³-hybridized carbons (Fsp3) is 0.200. The molecule has 1 N–H and O–H groups in total. The van der Waals surface area contributed by atoms with E-state index in [1.807, 2.05) is 36.4 Å². The third-order valence-corrected chi connectivity index (χ3v) is 2.70. The molecule has 0 spiro atoms. The Hall–Kier alpha value is -2.20. The summed E-state index contributed by atoms with van der Waals surface area (Å²) in [6, 6.07) is 11.1. The first-order valence-corrected chi connectivity index (χ1v) is 6.01. The number of hydrogen-bond acceptors (Lipinski definition) is 4. The summed E-state index contributed by atoms with van der Waals surface area (Å²) in [5, 5.41) is 9.99. The molecule has 1 aromatic heterocycles. The average Bonchev–Trinajstić information content (AvgIpc) is 2.48. The van der Waals surface area contributed by atoms with Crippen LogP contribution < -0.4 is 4.74 Å². The predicted octanol–water partition coefficient (Wildman–Crippen LogP) is 2.24. The highest BCUT2D eigenvalue weighted by Crippen LogP contribution is 2.17. The van der Waals surface area contributed by atoms with Gasteiger partial charge in [-0.3, -0.25) is 9.98 Å². The van der Waals surface area contributed by atoms with Gasteiger partial charge in [0, 0.05) is 24.2 Å². The van der Waals surface area contributed by atoms with Gasteiger partial charge in [-0.25, -0.2) is 0 Å². The highest BCUT2D eigenvalue weighted by Gasteiger charge is 2.05. The second kappa shape index (κ2) is 6.66. The SMILES string of the molecule is COc1ccc([C@@H](O)CN=Cc2cccnc2)cc1. The summed E-state index contributed by atoms with van der Waals surface area (Å²) in [6.45, 7) is 0.321. The molecule has 19 heavy (non-hydrogen) atoms. The summed E-state index contributed by atoms with van der Waals surface area (Å²) in [6.07, 6.45) is 4.53. The maximum absolute atomic E-state index is 9.99. The molecule has 0 radical (unpaired) electrons. The summed E-state index contributed by atoms with van der Waals surface area (Å²) in [5.74, 6) is 0.773. The first-order valence-electron chi connectivity index (χ1n) is 6.01. The van der Waals surface area contributed by atoms with Crippen LogP contribution in [0, 0.1) is 0 Å². The van der Waals surface area contributed by atoms with E-state index in [1.165, 1.54) is 0 Å². The van der Waals surface area contributed by atoms with Gasteiger partial charge in [-0.05, 0) is 23.8 Å². The zero-order valence-electron chi connectivity index (χ0n) is 10.7. The summed E-state index contributed by atoms with van der Waals surface area (Å²) < 4.78 is 5.07. The van der Waals surface area contributed by atoms with E-state index < -0.39 is 6.10 Å². The molecule has 0 unspecified atom stereocenters. The number of methoxy groups -OCH3 is 1. The highest BCUT2D eigenvalue weighted by atomic mass is 16.5. The number of aromatic nitrogens is 1. The highest BCUT2D eigenvalue weighted by molar-refractivity contribution is 5.78. The second-order valence-corrected chi connectivity index (χ2v) is 4.07. The molecule has 0 saturated carbocycles. The van der Waals surface area contributed by atoms with Crippen molar-refractivity contribution in [2.45, 2.75) is 6.10 Å². The Balaban J connectivity index is 1.93.